The molecule has 0 aliphatic rings. The van der Waals surface area contributed by atoms with Crippen LogP contribution >= 0.6 is 0 Å². The molecule has 0 fully saturated rings. The van der Waals surface area contributed by atoms with Gasteiger partial charge in [-0.3, -0.25) is 0 Å². The van der Waals surface area contributed by atoms with Gasteiger partial charge in [-0.2, -0.15) is 9.97 Å². The molecule has 0 aliphatic carbocycles. The van der Waals surface area contributed by atoms with Gasteiger partial charge in [0.05, 0.1) is 14.2 Å². The van der Waals surface area contributed by atoms with E-state index in [0.29, 0.717) is 23.4 Å². The molecule has 3 N–H and O–H groups in total. The van der Waals surface area contributed by atoms with E-state index < -0.39 is 0 Å². The van der Waals surface area contributed by atoms with E-state index in [-0.39, 0.29) is 0 Å². The minimum atomic E-state index is 0.304. The third-order valence-electron chi connectivity index (χ3n) is 2.33. The molecule has 7 heteroatoms. The lowest BCUT2D eigenvalue weighted by molar-refractivity contribution is 0.377. The Morgan fingerprint density at radius 1 is 1.17 bits per heavy atom. The lowest BCUT2D eigenvalue weighted by Crippen LogP contribution is -2.17. The van der Waals surface area contributed by atoms with Crippen LogP contribution in [0.15, 0.2) is 0 Å². The number of hydrogen-bond acceptors (Lipinski definition) is 7. The molecular weight excluding hydrogens is 234 g/mol. The van der Waals surface area contributed by atoms with Gasteiger partial charge in [-0.25, -0.2) is 0 Å². The van der Waals surface area contributed by atoms with Crippen LogP contribution in [0, 0.1) is 0 Å². The molecule has 1 aromatic heterocycles. The summed E-state index contributed by atoms with van der Waals surface area (Å²) in [4.78, 5) is 10.4. The van der Waals surface area contributed by atoms with E-state index in [1.807, 2.05) is 14.1 Å². The maximum atomic E-state index is 5.76. The van der Waals surface area contributed by atoms with E-state index >= 15 is 0 Å². The van der Waals surface area contributed by atoms with Gasteiger partial charge in [0, 0.05) is 6.54 Å². The largest absolute Gasteiger partial charge is 0.479 e. The van der Waals surface area contributed by atoms with Crippen molar-refractivity contribution in [1.29, 1.82) is 0 Å². The van der Waals surface area contributed by atoms with Gasteiger partial charge < -0.3 is 25.4 Å². The fourth-order valence-corrected chi connectivity index (χ4v) is 1.42. The van der Waals surface area contributed by atoms with Crippen molar-refractivity contribution < 1.29 is 9.47 Å². The standard InChI is InChI=1S/C11H21N5O2/c1-16(2)7-5-6-13-11-14-9(17-3)8(12)10(15-11)18-4/h5-7,12H2,1-4H3,(H,13,14,15). The second-order valence-electron chi connectivity index (χ2n) is 4.06. The van der Waals surface area contributed by atoms with E-state index in [9.17, 15) is 0 Å². The van der Waals surface area contributed by atoms with E-state index in [0.717, 1.165) is 19.5 Å². The van der Waals surface area contributed by atoms with Gasteiger partial charge >= 0.3 is 0 Å². The molecule has 0 aromatic carbocycles. The summed E-state index contributed by atoms with van der Waals surface area (Å²) in [5.41, 5.74) is 6.06. The molecule has 1 aromatic rings. The summed E-state index contributed by atoms with van der Waals surface area (Å²) in [6, 6.07) is 0. The fourth-order valence-electron chi connectivity index (χ4n) is 1.42. The summed E-state index contributed by atoms with van der Waals surface area (Å²) >= 11 is 0. The number of rotatable bonds is 7. The van der Waals surface area contributed by atoms with Crippen molar-refractivity contribution in [1.82, 2.24) is 14.9 Å². The third-order valence-corrected chi connectivity index (χ3v) is 2.33. The fraction of sp³-hybridized carbons (Fsp3) is 0.636. The molecule has 0 radical (unpaired) electrons. The monoisotopic (exact) mass is 255 g/mol. The first-order valence-corrected chi connectivity index (χ1v) is 5.72. The summed E-state index contributed by atoms with van der Waals surface area (Å²) < 4.78 is 10.1. The van der Waals surface area contributed by atoms with Crippen LogP contribution in [0.4, 0.5) is 11.6 Å². The highest BCUT2D eigenvalue weighted by molar-refractivity contribution is 5.58. The first-order valence-electron chi connectivity index (χ1n) is 5.72. The molecule has 0 aliphatic heterocycles. The van der Waals surface area contributed by atoms with Crippen LogP contribution in [-0.2, 0) is 0 Å². The average molecular weight is 255 g/mol. The van der Waals surface area contributed by atoms with Crippen molar-refractivity contribution >= 4 is 11.6 Å². The van der Waals surface area contributed by atoms with Crippen molar-refractivity contribution in [3.05, 3.63) is 0 Å². The zero-order valence-electron chi connectivity index (χ0n) is 11.4. The van der Waals surface area contributed by atoms with Gasteiger partial charge in [-0.05, 0) is 27.1 Å². The van der Waals surface area contributed by atoms with E-state index in [2.05, 4.69) is 20.2 Å². The lowest BCUT2D eigenvalue weighted by Gasteiger charge is -2.12. The first-order chi connectivity index (χ1) is 8.58. The number of hydrogen-bond donors (Lipinski definition) is 2. The molecule has 7 nitrogen and oxygen atoms in total. The zero-order valence-corrected chi connectivity index (χ0v) is 11.4. The maximum Gasteiger partial charge on any atom is 0.245 e. The van der Waals surface area contributed by atoms with Crippen LogP contribution in [0.1, 0.15) is 6.42 Å². The molecule has 0 saturated heterocycles. The van der Waals surface area contributed by atoms with Crippen LogP contribution in [0.25, 0.3) is 0 Å². The molecule has 1 rings (SSSR count). The number of nitrogens with one attached hydrogen (secondary N) is 1. The molecule has 0 unspecified atom stereocenters. The van der Waals surface area contributed by atoms with E-state index in [1.54, 1.807) is 0 Å². The summed E-state index contributed by atoms with van der Waals surface area (Å²) in [6.07, 6.45) is 0.991. The Bertz CT molecular complexity index is 359. The summed E-state index contributed by atoms with van der Waals surface area (Å²) in [5, 5.41) is 3.11. The van der Waals surface area contributed by atoms with Gasteiger partial charge in [0.1, 0.15) is 0 Å². The molecule has 0 spiro atoms. The quantitative estimate of drug-likeness (QED) is 0.684. The molecule has 0 saturated carbocycles. The summed E-state index contributed by atoms with van der Waals surface area (Å²) in [6.45, 7) is 1.77. The van der Waals surface area contributed by atoms with Crippen LogP contribution in [-0.4, -0.2) is 56.3 Å². The van der Waals surface area contributed by atoms with Crippen molar-refractivity contribution in [3.63, 3.8) is 0 Å². The number of nitrogen functional groups attached to an aromatic ring is 1. The molecule has 0 amide bonds. The van der Waals surface area contributed by atoms with E-state index in [1.165, 1.54) is 14.2 Å². The van der Waals surface area contributed by atoms with Gasteiger partial charge in [0.15, 0.2) is 5.69 Å². The Morgan fingerprint density at radius 2 is 1.72 bits per heavy atom. The number of methoxy groups -OCH3 is 2. The van der Waals surface area contributed by atoms with Crippen LogP contribution in [0.2, 0.25) is 0 Å². The molecule has 102 valence electrons. The SMILES string of the molecule is COc1nc(NCCCN(C)C)nc(OC)c1N. The summed E-state index contributed by atoms with van der Waals surface area (Å²) in [5.74, 6) is 1.09. The van der Waals surface area contributed by atoms with Gasteiger partial charge in [-0.1, -0.05) is 0 Å². The smallest absolute Gasteiger partial charge is 0.245 e. The summed E-state index contributed by atoms with van der Waals surface area (Å²) in [7, 11) is 7.08. The predicted molar refractivity (Wildman–Crippen MR) is 71.2 cm³/mol. The third kappa shape index (κ3) is 3.92. The molecule has 0 bridgehead atoms. The average Bonchev–Trinajstić information content (AvgIpc) is 2.35. The van der Waals surface area contributed by atoms with Gasteiger partial charge in [0.2, 0.25) is 17.7 Å². The number of anilines is 2. The van der Waals surface area contributed by atoms with Crippen LogP contribution in [0.3, 0.4) is 0 Å². The van der Waals surface area contributed by atoms with E-state index in [4.69, 9.17) is 15.2 Å². The van der Waals surface area contributed by atoms with Crippen LogP contribution < -0.4 is 20.5 Å². The van der Waals surface area contributed by atoms with Crippen LogP contribution in [0.5, 0.6) is 11.8 Å². The highest BCUT2D eigenvalue weighted by atomic mass is 16.5. The molecule has 18 heavy (non-hydrogen) atoms. The van der Waals surface area contributed by atoms with Gasteiger partial charge in [0.25, 0.3) is 0 Å². The van der Waals surface area contributed by atoms with Crippen molar-refractivity contribution in [2.75, 3.05) is 52.5 Å². The zero-order chi connectivity index (χ0) is 13.5. The second kappa shape index (κ2) is 6.85. The number of ether oxygens (including phenoxy) is 2. The Balaban J connectivity index is 2.65. The molecule has 1 heterocycles. The van der Waals surface area contributed by atoms with Crippen molar-refractivity contribution in [2.45, 2.75) is 6.42 Å². The highest BCUT2D eigenvalue weighted by Crippen LogP contribution is 2.28. The topological polar surface area (TPSA) is 85.5 Å². The Labute approximate surface area is 107 Å². The second-order valence-corrected chi connectivity index (χ2v) is 4.06. The Hall–Kier alpha value is -1.76. The minimum absolute atomic E-state index is 0.304. The van der Waals surface area contributed by atoms with Crippen molar-refractivity contribution in [2.24, 2.45) is 0 Å². The first kappa shape index (κ1) is 14.3. The normalized spacial score (nSPS) is 10.5. The maximum absolute atomic E-state index is 5.76. The Morgan fingerprint density at radius 3 is 2.17 bits per heavy atom. The highest BCUT2D eigenvalue weighted by Gasteiger charge is 2.12. The number of nitrogens with two attached hydrogens (primary N) is 1. The predicted octanol–water partition coefficient (Wildman–Crippen LogP) is 0.440. The minimum Gasteiger partial charge on any atom is -0.479 e. The molecule has 0 atom stereocenters. The number of nitrogens with zero attached hydrogens (tertiary/aromatic N) is 3. The number of aromatic nitrogens is 2. The lowest BCUT2D eigenvalue weighted by atomic mass is 10.4. The molecular formula is C11H21N5O2. The Kier molecular flexibility index (Phi) is 5.44. The van der Waals surface area contributed by atoms with Gasteiger partial charge in [-0.15, -0.1) is 0 Å². The van der Waals surface area contributed by atoms with Crippen molar-refractivity contribution in [3.8, 4) is 11.8 Å².